The Labute approximate surface area is 420 Å². The van der Waals surface area contributed by atoms with Crippen molar-refractivity contribution in [3.8, 4) is 0 Å². The SMILES string of the molecule is CC(C)C[C@H](NC(=O)[C@H](Cc1ccccc1)NC(=O)[C@@H](N)C(CC(=O)O)c1ccccc1)C(=O)N[C@H](Cc1c[nH]c2ccccc12)C(=O)N[C@H](CCCCN)C(=O)N[C@H](C(N)=O)C(CCN)c1ccccc1. The number of carboxylic acids is 1. The van der Waals surface area contributed by atoms with Gasteiger partial charge in [0.05, 0.1) is 12.5 Å². The van der Waals surface area contributed by atoms with Crippen LogP contribution >= 0.6 is 0 Å². The average Bonchev–Trinajstić information content (AvgIpc) is 3.78. The number of nitrogens with one attached hydrogen (secondary N) is 6. The predicted octanol–water partition coefficient (Wildman–Crippen LogP) is 2.76. The molecule has 5 rings (SSSR count). The number of H-pyrrole nitrogens is 1. The molecule has 18 heteroatoms. The molecule has 0 aliphatic heterocycles. The molecule has 1 aromatic heterocycles. The van der Waals surface area contributed by atoms with Gasteiger partial charge in [-0.15, -0.1) is 0 Å². The van der Waals surface area contributed by atoms with E-state index in [0.29, 0.717) is 42.5 Å². The van der Waals surface area contributed by atoms with Gasteiger partial charge in [-0.05, 0) is 79.4 Å². The number of hydrogen-bond donors (Lipinski definition) is 11. The largest absolute Gasteiger partial charge is 0.481 e. The van der Waals surface area contributed by atoms with Crippen LogP contribution in [0.4, 0.5) is 0 Å². The summed E-state index contributed by atoms with van der Waals surface area (Å²) < 4.78 is 0. The number of aliphatic carboxylic acids is 1. The van der Waals surface area contributed by atoms with Crippen LogP contribution in [0.2, 0.25) is 0 Å². The van der Waals surface area contributed by atoms with Gasteiger partial charge in [0.25, 0.3) is 0 Å². The van der Waals surface area contributed by atoms with Crippen molar-refractivity contribution in [3.05, 3.63) is 144 Å². The molecule has 18 nitrogen and oxygen atoms in total. The molecule has 384 valence electrons. The number of amides is 6. The molecule has 5 aromatic rings. The number of primary amides is 1. The molecule has 0 aliphatic rings. The Hall–Kier alpha value is -7.41. The molecule has 0 saturated heterocycles. The number of nitrogens with two attached hydrogens (primary N) is 4. The second kappa shape index (κ2) is 27.8. The third-order valence-corrected chi connectivity index (χ3v) is 12.6. The number of hydrogen-bond acceptors (Lipinski definition) is 10. The van der Waals surface area contributed by atoms with Crippen molar-refractivity contribution in [1.82, 2.24) is 31.6 Å². The summed E-state index contributed by atoms with van der Waals surface area (Å²) in [5, 5.41) is 24.6. The average molecular weight is 987 g/mol. The summed E-state index contributed by atoms with van der Waals surface area (Å²) in [5.41, 5.74) is 27.6. The third-order valence-electron chi connectivity index (χ3n) is 12.6. The summed E-state index contributed by atoms with van der Waals surface area (Å²) in [6.07, 6.45) is 2.76. The van der Waals surface area contributed by atoms with E-state index in [0.717, 1.165) is 16.5 Å². The van der Waals surface area contributed by atoms with E-state index in [1.807, 2.05) is 56.3 Å². The van der Waals surface area contributed by atoms with Gasteiger partial charge in [0, 0.05) is 41.8 Å². The molecular weight excluding hydrogens is 917 g/mol. The Morgan fingerprint density at radius 2 is 1.08 bits per heavy atom. The Bertz CT molecular complexity index is 2560. The van der Waals surface area contributed by atoms with E-state index in [-0.39, 0.29) is 38.1 Å². The van der Waals surface area contributed by atoms with Crippen LogP contribution in [0.15, 0.2) is 121 Å². The second-order valence-corrected chi connectivity index (χ2v) is 18.5. The highest BCUT2D eigenvalue weighted by Crippen LogP contribution is 2.25. The Kier molecular flexibility index (Phi) is 21.5. The van der Waals surface area contributed by atoms with Gasteiger partial charge < -0.3 is 59.6 Å². The Morgan fingerprint density at radius 3 is 1.67 bits per heavy atom. The fraction of sp³-hybridized carbons (Fsp3) is 0.389. The number of aromatic amines is 1. The lowest BCUT2D eigenvalue weighted by atomic mass is 9.87. The van der Waals surface area contributed by atoms with Gasteiger partial charge in [-0.2, -0.15) is 0 Å². The van der Waals surface area contributed by atoms with Gasteiger partial charge in [0.15, 0.2) is 0 Å². The first kappa shape index (κ1) is 55.5. The number of carbonyl (C=O) groups is 7. The van der Waals surface area contributed by atoms with E-state index in [1.54, 1.807) is 79.0 Å². The van der Waals surface area contributed by atoms with Crippen LogP contribution in [0, 0.1) is 5.92 Å². The third kappa shape index (κ3) is 16.3. The number of fused-ring (bicyclic) bond motifs is 1. The van der Waals surface area contributed by atoms with E-state index in [2.05, 4.69) is 31.6 Å². The Balaban J connectivity index is 1.44. The van der Waals surface area contributed by atoms with E-state index >= 15 is 0 Å². The second-order valence-electron chi connectivity index (χ2n) is 18.5. The quantitative estimate of drug-likeness (QED) is 0.0310. The summed E-state index contributed by atoms with van der Waals surface area (Å²) in [6.45, 7) is 4.24. The molecule has 72 heavy (non-hydrogen) atoms. The minimum atomic E-state index is -1.37. The van der Waals surface area contributed by atoms with Crippen molar-refractivity contribution in [2.24, 2.45) is 28.9 Å². The van der Waals surface area contributed by atoms with Crippen LogP contribution in [0.3, 0.4) is 0 Å². The summed E-state index contributed by atoms with van der Waals surface area (Å²) in [7, 11) is 0. The van der Waals surface area contributed by atoms with E-state index < -0.39 is 95.9 Å². The molecule has 1 heterocycles. The molecule has 0 bridgehead atoms. The zero-order valence-electron chi connectivity index (χ0n) is 40.9. The van der Waals surface area contributed by atoms with Gasteiger partial charge in [0.2, 0.25) is 35.4 Å². The number of benzene rings is 4. The number of carboxylic acid groups (broad SMARTS) is 1. The Morgan fingerprint density at radius 1 is 0.569 bits per heavy atom. The minimum absolute atomic E-state index is 0.00971. The number of rotatable bonds is 29. The molecule has 0 fully saturated rings. The molecule has 0 radical (unpaired) electrons. The standard InChI is InChI=1S/C54H70N10O8/c1-33(2)28-43(61-52(70)44(29-34-16-6-3-7-17-34)63-54(72)47(57)40(31-46(65)66)36-20-10-5-11-21-36)51(69)62-45(30-37-32-59-41-23-13-12-22-38(37)41)53(71)60-42(24-14-15-26-55)50(68)64-48(49(58)67)39(25-27-56)35-18-8-4-9-19-35/h3-13,16-23,32-33,39-40,42-45,47-48,59H,14-15,24-31,55-57H2,1-2H3,(H2,58,67)(H,60,71)(H,61,70)(H,62,69)(H,63,72)(H,64,68)(H,65,66)/t39?,40?,42-,43+,44+,45-,47+,48+/m1/s1. The van der Waals surface area contributed by atoms with Gasteiger partial charge in [-0.25, -0.2) is 0 Å². The van der Waals surface area contributed by atoms with Gasteiger partial charge in [-0.3, -0.25) is 33.6 Å². The lowest BCUT2D eigenvalue weighted by Crippen LogP contribution is -2.60. The van der Waals surface area contributed by atoms with Crippen LogP contribution in [0.5, 0.6) is 0 Å². The highest BCUT2D eigenvalue weighted by Gasteiger charge is 2.36. The monoisotopic (exact) mass is 987 g/mol. The van der Waals surface area contributed by atoms with Crippen LogP contribution < -0.4 is 49.5 Å². The first-order valence-electron chi connectivity index (χ1n) is 24.5. The van der Waals surface area contributed by atoms with Crippen LogP contribution in [0.1, 0.15) is 86.5 Å². The minimum Gasteiger partial charge on any atom is -0.481 e. The highest BCUT2D eigenvalue weighted by molar-refractivity contribution is 5.97. The van der Waals surface area contributed by atoms with E-state index in [4.69, 9.17) is 22.9 Å². The first-order valence-corrected chi connectivity index (χ1v) is 24.5. The van der Waals surface area contributed by atoms with Crippen LogP contribution in [-0.4, -0.2) is 101 Å². The van der Waals surface area contributed by atoms with Crippen LogP contribution in [0.25, 0.3) is 10.9 Å². The van der Waals surface area contributed by atoms with Crippen molar-refractivity contribution in [2.75, 3.05) is 13.1 Å². The number of unbranched alkanes of at least 4 members (excludes halogenated alkanes) is 1. The normalized spacial score (nSPS) is 14.6. The van der Waals surface area contributed by atoms with Gasteiger partial charge >= 0.3 is 5.97 Å². The molecule has 0 saturated carbocycles. The fourth-order valence-electron chi connectivity index (χ4n) is 8.89. The number of aromatic nitrogens is 1. The summed E-state index contributed by atoms with van der Waals surface area (Å²) >= 11 is 0. The van der Waals surface area contributed by atoms with Crippen molar-refractivity contribution in [3.63, 3.8) is 0 Å². The summed E-state index contributed by atoms with van der Waals surface area (Å²) in [4.78, 5) is 100. The van der Waals surface area contributed by atoms with Crippen molar-refractivity contribution in [2.45, 2.75) is 113 Å². The van der Waals surface area contributed by atoms with Crippen molar-refractivity contribution < 1.29 is 38.7 Å². The van der Waals surface area contributed by atoms with E-state index in [9.17, 15) is 38.7 Å². The molecule has 2 unspecified atom stereocenters. The molecule has 6 amide bonds. The summed E-state index contributed by atoms with van der Waals surface area (Å²) in [5.74, 6) is -7.21. The maximum atomic E-state index is 14.7. The van der Waals surface area contributed by atoms with Crippen LogP contribution in [-0.2, 0) is 46.4 Å². The molecular formula is C54H70N10O8. The molecule has 4 aromatic carbocycles. The lowest BCUT2D eigenvalue weighted by Gasteiger charge is -2.30. The lowest BCUT2D eigenvalue weighted by molar-refractivity contribution is -0.138. The summed E-state index contributed by atoms with van der Waals surface area (Å²) in [6, 6.07) is 26.4. The predicted molar refractivity (Wildman–Crippen MR) is 276 cm³/mol. The smallest absolute Gasteiger partial charge is 0.304 e. The van der Waals surface area contributed by atoms with Crippen molar-refractivity contribution in [1.29, 1.82) is 0 Å². The highest BCUT2D eigenvalue weighted by atomic mass is 16.4. The molecule has 0 aliphatic carbocycles. The van der Waals surface area contributed by atoms with Gasteiger partial charge in [-0.1, -0.05) is 123 Å². The zero-order chi connectivity index (χ0) is 52.2. The maximum Gasteiger partial charge on any atom is 0.304 e. The van der Waals surface area contributed by atoms with Gasteiger partial charge in [0.1, 0.15) is 30.2 Å². The molecule has 15 N–H and O–H groups in total. The first-order chi connectivity index (χ1) is 34.6. The molecule has 0 spiro atoms. The fourth-order valence-corrected chi connectivity index (χ4v) is 8.89. The topological polar surface area (TPSA) is 320 Å². The number of para-hydroxylation sites is 1. The maximum absolute atomic E-state index is 14.7. The zero-order valence-corrected chi connectivity index (χ0v) is 40.9. The van der Waals surface area contributed by atoms with Crippen molar-refractivity contribution >= 4 is 52.3 Å². The molecule has 8 atom stereocenters. The van der Waals surface area contributed by atoms with E-state index in [1.165, 1.54) is 0 Å². The number of carbonyl (C=O) groups excluding carboxylic acids is 6.